The number of carboxylic acids is 1. The van der Waals surface area contributed by atoms with Gasteiger partial charge in [-0.25, -0.2) is 0 Å². The number of fused-ring (bicyclic) bond motifs is 1. The predicted molar refractivity (Wildman–Crippen MR) is 99.8 cm³/mol. The highest BCUT2D eigenvalue weighted by Crippen LogP contribution is 2.49. The van der Waals surface area contributed by atoms with Crippen LogP contribution in [0.5, 0.6) is 11.5 Å². The fraction of sp³-hybridized carbons (Fsp3) is 0.600. The first kappa shape index (κ1) is 19.5. The Morgan fingerprint density at radius 1 is 1.33 bits per heavy atom. The van der Waals surface area contributed by atoms with Gasteiger partial charge in [0.25, 0.3) is 0 Å². The van der Waals surface area contributed by atoms with Crippen molar-refractivity contribution >= 4 is 11.9 Å². The Kier molecular flexibility index (Phi) is 5.60. The second-order valence-electron chi connectivity index (χ2n) is 7.56. The van der Waals surface area contributed by atoms with Crippen LogP contribution in [0.4, 0.5) is 0 Å². The van der Waals surface area contributed by atoms with Crippen molar-refractivity contribution < 1.29 is 24.2 Å². The summed E-state index contributed by atoms with van der Waals surface area (Å²) < 4.78 is 10.5. The molecule has 1 amide bonds. The maximum atomic E-state index is 12.6. The van der Waals surface area contributed by atoms with Crippen LogP contribution in [0.1, 0.15) is 31.7 Å². The normalized spacial score (nSPS) is 25.7. The Morgan fingerprint density at radius 2 is 2.07 bits per heavy atom. The summed E-state index contributed by atoms with van der Waals surface area (Å²) in [6.07, 6.45) is 2.61. The van der Waals surface area contributed by atoms with E-state index in [0.717, 1.165) is 18.4 Å². The summed E-state index contributed by atoms with van der Waals surface area (Å²) in [6, 6.07) is 5.17. The van der Waals surface area contributed by atoms with Crippen LogP contribution in [0.3, 0.4) is 0 Å². The van der Waals surface area contributed by atoms with E-state index in [1.165, 1.54) is 0 Å². The summed E-state index contributed by atoms with van der Waals surface area (Å²) in [5.41, 5.74) is 0.242. The van der Waals surface area contributed by atoms with Crippen molar-refractivity contribution in [1.29, 1.82) is 0 Å². The molecule has 1 aliphatic carbocycles. The number of carboxylic acid groups (broad SMARTS) is 1. The lowest BCUT2D eigenvalue weighted by Crippen LogP contribution is -2.45. The number of carbonyl (C=O) groups is 2. The quantitative estimate of drug-likeness (QED) is 0.756. The molecule has 2 N–H and O–H groups in total. The monoisotopic (exact) mass is 376 g/mol. The van der Waals surface area contributed by atoms with Crippen LogP contribution in [-0.4, -0.2) is 55.2 Å². The first-order valence-electron chi connectivity index (χ1n) is 9.37. The molecule has 0 aromatic heterocycles. The third kappa shape index (κ3) is 3.60. The molecule has 1 heterocycles. The zero-order chi connectivity index (χ0) is 19.6. The fourth-order valence-electron chi connectivity index (χ4n) is 4.47. The molecule has 1 aliphatic heterocycles. The molecule has 0 bridgehead atoms. The van der Waals surface area contributed by atoms with Crippen LogP contribution in [0.25, 0.3) is 0 Å². The zero-order valence-corrected chi connectivity index (χ0v) is 16.2. The van der Waals surface area contributed by atoms with E-state index >= 15 is 0 Å². The van der Waals surface area contributed by atoms with Gasteiger partial charge >= 0.3 is 5.97 Å². The van der Waals surface area contributed by atoms with Crippen molar-refractivity contribution in [1.82, 2.24) is 10.2 Å². The van der Waals surface area contributed by atoms with E-state index in [1.807, 2.05) is 30.0 Å². The molecule has 7 heteroatoms. The number of hydrogen-bond donors (Lipinski definition) is 2. The lowest BCUT2D eigenvalue weighted by Gasteiger charge is -2.26. The molecule has 27 heavy (non-hydrogen) atoms. The van der Waals surface area contributed by atoms with E-state index in [1.54, 1.807) is 14.2 Å². The van der Waals surface area contributed by atoms with Crippen molar-refractivity contribution in [2.75, 3.05) is 27.3 Å². The number of methoxy groups -OCH3 is 2. The van der Waals surface area contributed by atoms with E-state index in [4.69, 9.17) is 9.47 Å². The number of nitrogens with one attached hydrogen (secondary N) is 1. The summed E-state index contributed by atoms with van der Waals surface area (Å²) in [5.74, 6) is 0.600. The molecule has 0 radical (unpaired) electrons. The molecule has 7 nitrogen and oxygen atoms in total. The van der Waals surface area contributed by atoms with E-state index in [-0.39, 0.29) is 17.9 Å². The third-order valence-corrected chi connectivity index (χ3v) is 6.16. The Morgan fingerprint density at radius 3 is 2.70 bits per heavy atom. The van der Waals surface area contributed by atoms with Crippen molar-refractivity contribution in [3.63, 3.8) is 0 Å². The number of nitrogens with zero attached hydrogens (tertiary/aromatic N) is 1. The Labute approximate surface area is 159 Å². The van der Waals surface area contributed by atoms with Gasteiger partial charge in [0.15, 0.2) is 11.5 Å². The van der Waals surface area contributed by atoms with Crippen molar-refractivity contribution in [2.45, 2.75) is 38.8 Å². The van der Waals surface area contributed by atoms with E-state index in [9.17, 15) is 14.7 Å². The molecule has 3 atom stereocenters. The van der Waals surface area contributed by atoms with Crippen LogP contribution in [0.2, 0.25) is 0 Å². The fourth-order valence-corrected chi connectivity index (χ4v) is 4.47. The van der Waals surface area contributed by atoms with Gasteiger partial charge in [-0.3, -0.25) is 14.5 Å². The summed E-state index contributed by atoms with van der Waals surface area (Å²) >= 11 is 0. The van der Waals surface area contributed by atoms with Crippen LogP contribution >= 0.6 is 0 Å². The highest BCUT2D eigenvalue weighted by atomic mass is 16.5. The summed E-state index contributed by atoms with van der Waals surface area (Å²) in [6.45, 7) is 3.36. The lowest BCUT2D eigenvalue weighted by atomic mass is 9.81. The maximum absolute atomic E-state index is 12.6. The number of likely N-dealkylation sites (tertiary alicyclic amines) is 1. The number of benzene rings is 1. The molecule has 1 aromatic rings. The smallest absolute Gasteiger partial charge is 0.311 e. The Hall–Kier alpha value is -2.28. The minimum absolute atomic E-state index is 0.0923. The molecule has 1 aromatic carbocycles. The molecule has 2 fully saturated rings. The first-order chi connectivity index (χ1) is 12.9. The maximum Gasteiger partial charge on any atom is 0.311 e. The minimum atomic E-state index is -0.717. The molecular weight excluding hydrogens is 348 g/mol. The van der Waals surface area contributed by atoms with Gasteiger partial charge < -0.3 is 19.9 Å². The summed E-state index contributed by atoms with van der Waals surface area (Å²) in [7, 11) is 3.15. The molecule has 0 spiro atoms. The third-order valence-electron chi connectivity index (χ3n) is 6.16. The highest BCUT2D eigenvalue weighted by molar-refractivity contribution is 5.82. The standard InChI is InChI=1S/C20H28N2O5/c1-13(22-11-15-5-4-8-20(15,12-22)19(24)25)18(23)21-10-14-6-7-16(26-2)17(9-14)27-3/h6-7,9,13,15H,4-5,8,10-12H2,1-3H3,(H,21,23)(H,24,25)/t13?,15-,20+/m0/s1. The number of ether oxygens (including phenoxy) is 2. The van der Waals surface area contributed by atoms with Gasteiger partial charge in [-0.2, -0.15) is 0 Å². The molecule has 1 saturated carbocycles. The van der Waals surface area contributed by atoms with Crippen LogP contribution < -0.4 is 14.8 Å². The molecule has 148 valence electrons. The first-order valence-corrected chi connectivity index (χ1v) is 9.37. The molecule has 3 rings (SSSR count). The molecule has 2 aliphatic rings. The Balaban J connectivity index is 1.60. The van der Waals surface area contributed by atoms with E-state index < -0.39 is 11.4 Å². The van der Waals surface area contributed by atoms with Crippen molar-refractivity contribution in [3.05, 3.63) is 23.8 Å². The topological polar surface area (TPSA) is 88.1 Å². The van der Waals surface area contributed by atoms with Crippen LogP contribution in [0.15, 0.2) is 18.2 Å². The van der Waals surface area contributed by atoms with Crippen LogP contribution in [-0.2, 0) is 16.1 Å². The summed E-state index contributed by atoms with van der Waals surface area (Å²) in [5, 5.41) is 12.7. The summed E-state index contributed by atoms with van der Waals surface area (Å²) in [4.78, 5) is 26.5. The zero-order valence-electron chi connectivity index (χ0n) is 16.2. The average molecular weight is 376 g/mol. The van der Waals surface area contributed by atoms with Gasteiger partial charge in [0, 0.05) is 19.6 Å². The second-order valence-corrected chi connectivity index (χ2v) is 7.56. The van der Waals surface area contributed by atoms with Gasteiger partial charge in [-0.15, -0.1) is 0 Å². The molecular formula is C20H28N2O5. The predicted octanol–water partition coefficient (Wildman–Crippen LogP) is 1.90. The SMILES string of the molecule is COc1ccc(CNC(=O)C(C)N2C[C@@H]3CCC[C@@]3(C(=O)O)C2)cc1OC. The molecule has 1 unspecified atom stereocenters. The largest absolute Gasteiger partial charge is 0.493 e. The number of aliphatic carboxylic acids is 1. The van der Waals surface area contributed by atoms with E-state index in [2.05, 4.69) is 5.32 Å². The van der Waals surface area contributed by atoms with Gasteiger partial charge in [0.1, 0.15) is 0 Å². The minimum Gasteiger partial charge on any atom is -0.493 e. The highest BCUT2D eigenvalue weighted by Gasteiger charge is 2.55. The number of amides is 1. The van der Waals surface area contributed by atoms with E-state index in [0.29, 0.717) is 37.6 Å². The van der Waals surface area contributed by atoms with Gasteiger partial charge in [-0.1, -0.05) is 12.5 Å². The number of rotatable bonds is 7. The molecule has 1 saturated heterocycles. The van der Waals surface area contributed by atoms with Crippen molar-refractivity contribution in [2.24, 2.45) is 11.3 Å². The number of hydrogen-bond acceptors (Lipinski definition) is 5. The van der Waals surface area contributed by atoms with Gasteiger partial charge in [0.2, 0.25) is 5.91 Å². The Bertz CT molecular complexity index is 722. The van der Waals surface area contributed by atoms with Crippen molar-refractivity contribution in [3.8, 4) is 11.5 Å². The lowest BCUT2D eigenvalue weighted by molar-refractivity contribution is -0.149. The van der Waals surface area contributed by atoms with Gasteiger partial charge in [0.05, 0.1) is 25.7 Å². The van der Waals surface area contributed by atoms with Crippen LogP contribution in [0, 0.1) is 11.3 Å². The second kappa shape index (κ2) is 7.76. The number of carbonyl (C=O) groups excluding carboxylic acids is 1. The average Bonchev–Trinajstić information content (AvgIpc) is 3.23. The van der Waals surface area contributed by atoms with Gasteiger partial charge in [-0.05, 0) is 43.4 Å².